The molecule has 1 atom stereocenters. The molecule has 5 nitrogen and oxygen atoms in total. The van der Waals surface area contributed by atoms with E-state index in [2.05, 4.69) is 4.18 Å². The van der Waals surface area contributed by atoms with Crippen LogP contribution in [0.3, 0.4) is 0 Å². The Kier molecular flexibility index (Phi) is 3.51. The van der Waals surface area contributed by atoms with Crippen LogP contribution in [0.1, 0.15) is 18.4 Å². The van der Waals surface area contributed by atoms with Crippen molar-refractivity contribution in [3.05, 3.63) is 29.8 Å². The van der Waals surface area contributed by atoms with Crippen LogP contribution in [0.5, 0.6) is 5.75 Å². The molecule has 0 N–H and O–H groups in total. The SMILES string of the molecule is O=C1CCC(Cc2cccc(OS(=O)(=O)F)c2)O1. The molecule has 0 radical (unpaired) electrons. The third-order valence-electron chi connectivity index (χ3n) is 2.53. The van der Waals surface area contributed by atoms with Crippen molar-refractivity contribution in [2.45, 2.75) is 25.4 Å². The molecule has 1 aliphatic heterocycles. The number of hydrogen-bond donors (Lipinski definition) is 0. The van der Waals surface area contributed by atoms with Crippen LogP contribution in [0, 0.1) is 0 Å². The Hall–Kier alpha value is -1.63. The molecule has 1 aromatic rings. The van der Waals surface area contributed by atoms with Crippen molar-refractivity contribution in [2.75, 3.05) is 0 Å². The molecule has 1 heterocycles. The molecule has 0 spiro atoms. The summed E-state index contributed by atoms with van der Waals surface area (Å²) in [4.78, 5) is 10.9. The van der Waals surface area contributed by atoms with E-state index in [1.807, 2.05) is 0 Å². The lowest BCUT2D eigenvalue weighted by molar-refractivity contribution is -0.141. The molecule has 0 bridgehead atoms. The highest BCUT2D eigenvalue weighted by Crippen LogP contribution is 2.21. The van der Waals surface area contributed by atoms with E-state index < -0.39 is 10.5 Å². The third kappa shape index (κ3) is 3.69. The van der Waals surface area contributed by atoms with Crippen LogP contribution in [-0.2, 0) is 26.5 Å². The van der Waals surface area contributed by atoms with E-state index in [9.17, 15) is 17.1 Å². The first-order chi connectivity index (χ1) is 8.42. The van der Waals surface area contributed by atoms with E-state index in [0.717, 1.165) is 5.56 Å². The second-order valence-electron chi connectivity index (χ2n) is 3.98. The first-order valence-electron chi connectivity index (χ1n) is 5.35. The average Bonchev–Trinajstić information content (AvgIpc) is 2.62. The summed E-state index contributed by atoms with van der Waals surface area (Å²) in [7, 11) is -5.02. The minimum Gasteiger partial charge on any atom is -0.462 e. The third-order valence-corrected chi connectivity index (χ3v) is 2.92. The lowest BCUT2D eigenvalue weighted by atomic mass is 10.1. The Bertz CT molecular complexity index is 554. The van der Waals surface area contributed by atoms with E-state index in [0.29, 0.717) is 19.3 Å². The molecule has 98 valence electrons. The van der Waals surface area contributed by atoms with Gasteiger partial charge >= 0.3 is 16.5 Å². The number of halogens is 1. The van der Waals surface area contributed by atoms with Crippen molar-refractivity contribution in [2.24, 2.45) is 0 Å². The molecule has 18 heavy (non-hydrogen) atoms. The highest BCUT2D eigenvalue weighted by molar-refractivity contribution is 7.81. The van der Waals surface area contributed by atoms with Gasteiger partial charge in [0.15, 0.2) is 0 Å². The molecule has 1 fully saturated rings. The maximum absolute atomic E-state index is 12.3. The summed E-state index contributed by atoms with van der Waals surface area (Å²) in [6.07, 6.45) is 1.26. The number of ether oxygens (including phenoxy) is 1. The van der Waals surface area contributed by atoms with Crippen LogP contribution in [0.15, 0.2) is 24.3 Å². The van der Waals surface area contributed by atoms with Crippen molar-refractivity contribution in [1.29, 1.82) is 0 Å². The quantitative estimate of drug-likeness (QED) is 0.615. The minimum absolute atomic E-state index is 0.0978. The zero-order valence-electron chi connectivity index (χ0n) is 9.34. The van der Waals surface area contributed by atoms with Gasteiger partial charge in [0.2, 0.25) is 0 Å². The Morgan fingerprint density at radius 1 is 1.44 bits per heavy atom. The predicted octanol–water partition coefficient (Wildman–Crippen LogP) is 1.53. The van der Waals surface area contributed by atoms with E-state index >= 15 is 0 Å². The van der Waals surface area contributed by atoms with Gasteiger partial charge < -0.3 is 8.92 Å². The largest absolute Gasteiger partial charge is 0.488 e. The van der Waals surface area contributed by atoms with Crippen LogP contribution in [0.2, 0.25) is 0 Å². The van der Waals surface area contributed by atoms with Gasteiger partial charge in [-0.2, -0.15) is 8.42 Å². The van der Waals surface area contributed by atoms with Gasteiger partial charge in [-0.3, -0.25) is 4.79 Å². The molecule has 0 aromatic heterocycles. The van der Waals surface area contributed by atoms with Gasteiger partial charge in [0.05, 0.1) is 0 Å². The number of hydrogen-bond acceptors (Lipinski definition) is 5. The van der Waals surface area contributed by atoms with Gasteiger partial charge in [-0.15, -0.1) is 0 Å². The van der Waals surface area contributed by atoms with Crippen molar-refractivity contribution < 1.29 is 26.0 Å². The summed E-state index contributed by atoms with van der Waals surface area (Å²) in [5, 5.41) is 0. The van der Waals surface area contributed by atoms with Crippen LogP contribution in [-0.4, -0.2) is 20.5 Å². The molecular weight excluding hydrogens is 263 g/mol. The van der Waals surface area contributed by atoms with Crippen LogP contribution >= 0.6 is 0 Å². The Balaban J connectivity index is 2.05. The maximum Gasteiger partial charge on any atom is 0.488 e. The minimum atomic E-state index is -5.02. The average molecular weight is 274 g/mol. The second-order valence-corrected chi connectivity index (χ2v) is 4.93. The fourth-order valence-electron chi connectivity index (χ4n) is 1.83. The highest BCUT2D eigenvalue weighted by atomic mass is 32.3. The monoisotopic (exact) mass is 274 g/mol. The van der Waals surface area contributed by atoms with Gasteiger partial charge in [0.25, 0.3) is 0 Å². The molecule has 0 saturated carbocycles. The van der Waals surface area contributed by atoms with Gasteiger partial charge in [-0.05, 0) is 24.1 Å². The van der Waals surface area contributed by atoms with Crippen molar-refractivity contribution >= 4 is 16.5 Å². The highest BCUT2D eigenvalue weighted by Gasteiger charge is 2.23. The normalized spacial score (nSPS) is 19.6. The smallest absolute Gasteiger partial charge is 0.462 e. The summed E-state index contributed by atoms with van der Waals surface area (Å²) >= 11 is 0. The summed E-state index contributed by atoms with van der Waals surface area (Å²) in [5.74, 6) is -0.335. The molecule has 2 rings (SSSR count). The van der Waals surface area contributed by atoms with E-state index in [1.165, 1.54) is 12.1 Å². The molecule has 1 aliphatic rings. The fraction of sp³-hybridized carbons (Fsp3) is 0.364. The number of cyclic esters (lactones) is 1. The first-order valence-corrected chi connectivity index (χ1v) is 6.66. The van der Waals surface area contributed by atoms with E-state index in [4.69, 9.17) is 4.74 Å². The Morgan fingerprint density at radius 3 is 2.83 bits per heavy atom. The molecule has 1 saturated heterocycles. The van der Waals surface area contributed by atoms with Gasteiger partial charge in [-0.25, -0.2) is 0 Å². The van der Waals surface area contributed by atoms with E-state index in [-0.39, 0.29) is 17.8 Å². The van der Waals surface area contributed by atoms with Crippen LogP contribution in [0.25, 0.3) is 0 Å². The number of esters is 1. The van der Waals surface area contributed by atoms with Gasteiger partial charge in [-0.1, -0.05) is 16.0 Å². The molecular formula is C11H11FO5S. The van der Waals surface area contributed by atoms with Crippen molar-refractivity contribution in [1.82, 2.24) is 0 Å². The standard InChI is InChI=1S/C11H11FO5S/c12-18(14,15)17-10-3-1-2-8(7-10)6-9-4-5-11(13)16-9/h1-3,7,9H,4-6H2. The fourth-order valence-corrected chi connectivity index (χ4v) is 2.16. The Morgan fingerprint density at radius 2 is 2.22 bits per heavy atom. The summed E-state index contributed by atoms with van der Waals surface area (Å²) < 4.78 is 42.2. The zero-order valence-corrected chi connectivity index (χ0v) is 10.2. The van der Waals surface area contributed by atoms with Gasteiger partial charge in [0.1, 0.15) is 11.9 Å². The molecule has 1 aromatic carbocycles. The molecule has 0 amide bonds. The zero-order chi connectivity index (χ0) is 13.2. The number of rotatable bonds is 4. The van der Waals surface area contributed by atoms with Crippen molar-refractivity contribution in [3.8, 4) is 5.75 Å². The number of carbonyl (C=O) groups is 1. The molecule has 7 heteroatoms. The number of benzene rings is 1. The lowest BCUT2D eigenvalue weighted by Crippen LogP contribution is -2.10. The lowest BCUT2D eigenvalue weighted by Gasteiger charge is -2.09. The summed E-state index contributed by atoms with van der Waals surface area (Å²) in [6.45, 7) is 0. The first kappa shape index (κ1) is 12.8. The molecule has 0 aliphatic carbocycles. The van der Waals surface area contributed by atoms with E-state index in [1.54, 1.807) is 12.1 Å². The van der Waals surface area contributed by atoms with Crippen molar-refractivity contribution in [3.63, 3.8) is 0 Å². The predicted molar refractivity (Wildman–Crippen MR) is 59.9 cm³/mol. The number of carbonyl (C=O) groups excluding carboxylic acids is 1. The van der Waals surface area contributed by atoms with Crippen LogP contribution < -0.4 is 4.18 Å². The topological polar surface area (TPSA) is 69.7 Å². The second kappa shape index (κ2) is 4.93. The molecule has 1 unspecified atom stereocenters. The Labute approximate surface area is 104 Å². The summed E-state index contributed by atoms with van der Waals surface area (Å²) in [6, 6.07) is 6.01. The van der Waals surface area contributed by atoms with Crippen LogP contribution in [0.4, 0.5) is 3.89 Å². The maximum atomic E-state index is 12.3. The summed E-state index contributed by atoms with van der Waals surface area (Å²) in [5.41, 5.74) is 0.718. The van der Waals surface area contributed by atoms with Gasteiger partial charge in [0, 0.05) is 12.8 Å².